The monoisotopic (exact) mass is 290 g/mol. The molecule has 21 heavy (non-hydrogen) atoms. The number of hydrogen-bond donors (Lipinski definition) is 3. The Morgan fingerprint density at radius 3 is 2.90 bits per heavy atom. The van der Waals surface area contributed by atoms with Gasteiger partial charge in [-0.3, -0.25) is 4.79 Å². The second-order valence-corrected chi connectivity index (χ2v) is 5.71. The number of aromatic nitrogens is 3. The molecule has 0 saturated heterocycles. The van der Waals surface area contributed by atoms with E-state index < -0.39 is 5.54 Å². The van der Waals surface area contributed by atoms with E-state index in [2.05, 4.69) is 27.5 Å². The van der Waals surface area contributed by atoms with Gasteiger partial charge < -0.3 is 20.8 Å². The maximum atomic E-state index is 11.2. The Kier molecular flexibility index (Phi) is 4.30. The molecular weight excluding hydrogens is 268 g/mol. The van der Waals surface area contributed by atoms with E-state index in [-0.39, 0.29) is 12.3 Å². The van der Waals surface area contributed by atoms with Crippen LogP contribution in [0, 0.1) is 0 Å². The van der Waals surface area contributed by atoms with Crippen LogP contribution in [-0.2, 0) is 4.79 Å². The molecule has 7 nitrogen and oxygen atoms in total. The molecule has 2 heterocycles. The Bertz CT molecular complexity index is 633. The van der Waals surface area contributed by atoms with Gasteiger partial charge in [0.2, 0.25) is 5.91 Å². The first-order valence-corrected chi connectivity index (χ1v) is 7.05. The first-order chi connectivity index (χ1) is 9.91. The van der Waals surface area contributed by atoms with E-state index in [4.69, 9.17) is 5.73 Å². The number of anilines is 2. The molecular formula is C14H22N6O. The van der Waals surface area contributed by atoms with Crippen LogP contribution < -0.4 is 16.4 Å². The van der Waals surface area contributed by atoms with Crippen LogP contribution in [0.25, 0.3) is 5.65 Å². The minimum absolute atomic E-state index is 0.216. The van der Waals surface area contributed by atoms with Crippen LogP contribution in [-0.4, -0.2) is 32.4 Å². The maximum absolute atomic E-state index is 11.2. The summed E-state index contributed by atoms with van der Waals surface area (Å²) in [5.74, 6) is 1.04. The Morgan fingerprint density at radius 2 is 2.24 bits per heavy atom. The van der Waals surface area contributed by atoms with Crippen molar-refractivity contribution in [2.45, 2.75) is 39.2 Å². The zero-order chi connectivity index (χ0) is 15.5. The molecule has 2 aromatic rings. The molecule has 0 aliphatic heterocycles. The predicted molar refractivity (Wildman–Crippen MR) is 83.3 cm³/mol. The zero-order valence-corrected chi connectivity index (χ0v) is 12.7. The van der Waals surface area contributed by atoms with E-state index in [0.717, 1.165) is 24.4 Å². The van der Waals surface area contributed by atoms with Gasteiger partial charge in [0.25, 0.3) is 0 Å². The van der Waals surface area contributed by atoms with E-state index in [1.54, 1.807) is 6.20 Å². The van der Waals surface area contributed by atoms with Crippen molar-refractivity contribution < 1.29 is 4.79 Å². The lowest BCUT2D eigenvalue weighted by molar-refractivity contribution is -0.118. The average Bonchev–Trinajstić information content (AvgIpc) is 2.82. The standard InChI is InChI=1S/C14H22N6O/c1-4-5-16-11-9-20-7-6-17-13(20)12(18-11)19-14(2,3)8-10(15)21/h6-7,9,16H,4-5,8H2,1-3H3,(H2,15,21)(H,18,19). The summed E-state index contributed by atoms with van der Waals surface area (Å²) in [6, 6.07) is 0. The van der Waals surface area contributed by atoms with E-state index in [9.17, 15) is 4.79 Å². The van der Waals surface area contributed by atoms with Crippen LogP contribution in [0.5, 0.6) is 0 Å². The second kappa shape index (κ2) is 5.99. The van der Waals surface area contributed by atoms with Crippen LogP contribution in [0.3, 0.4) is 0 Å². The van der Waals surface area contributed by atoms with E-state index in [1.807, 2.05) is 30.6 Å². The largest absolute Gasteiger partial charge is 0.370 e. The van der Waals surface area contributed by atoms with Crippen LogP contribution in [0.15, 0.2) is 18.6 Å². The van der Waals surface area contributed by atoms with Gasteiger partial charge >= 0.3 is 0 Å². The summed E-state index contributed by atoms with van der Waals surface area (Å²) in [5, 5.41) is 6.51. The molecule has 0 aromatic carbocycles. The van der Waals surface area contributed by atoms with Crippen LogP contribution in [0.1, 0.15) is 33.6 Å². The van der Waals surface area contributed by atoms with Gasteiger partial charge in [-0.25, -0.2) is 9.97 Å². The first-order valence-electron chi connectivity index (χ1n) is 7.05. The number of primary amides is 1. The Hall–Kier alpha value is -2.31. The summed E-state index contributed by atoms with van der Waals surface area (Å²) >= 11 is 0. The maximum Gasteiger partial charge on any atom is 0.219 e. The van der Waals surface area contributed by atoms with Crippen molar-refractivity contribution in [3.63, 3.8) is 0 Å². The van der Waals surface area contributed by atoms with Gasteiger partial charge in [-0.2, -0.15) is 0 Å². The normalized spacial score (nSPS) is 11.6. The van der Waals surface area contributed by atoms with Crippen molar-refractivity contribution in [1.29, 1.82) is 0 Å². The average molecular weight is 290 g/mol. The molecule has 4 N–H and O–H groups in total. The number of hydrogen-bond acceptors (Lipinski definition) is 5. The molecule has 0 unspecified atom stereocenters. The predicted octanol–water partition coefficient (Wildman–Crippen LogP) is 1.62. The molecule has 0 atom stereocenters. The number of carbonyl (C=O) groups excluding carboxylic acids is 1. The smallest absolute Gasteiger partial charge is 0.219 e. The lowest BCUT2D eigenvalue weighted by atomic mass is 10.0. The molecule has 114 valence electrons. The SMILES string of the molecule is CCCNc1cn2ccnc2c(NC(C)(C)CC(N)=O)n1. The number of carbonyl (C=O) groups is 1. The molecule has 1 amide bonds. The molecule has 0 aliphatic rings. The summed E-state index contributed by atoms with van der Waals surface area (Å²) in [5.41, 5.74) is 5.51. The van der Waals surface area contributed by atoms with Crippen molar-refractivity contribution in [3.05, 3.63) is 18.6 Å². The third-order valence-electron chi connectivity index (χ3n) is 3.00. The lowest BCUT2D eigenvalue weighted by Crippen LogP contribution is -2.36. The number of fused-ring (bicyclic) bond motifs is 1. The summed E-state index contributed by atoms with van der Waals surface area (Å²) < 4.78 is 1.90. The number of nitrogens with two attached hydrogens (primary N) is 1. The summed E-state index contributed by atoms with van der Waals surface area (Å²) in [7, 11) is 0. The van der Waals surface area contributed by atoms with E-state index >= 15 is 0 Å². The highest BCUT2D eigenvalue weighted by molar-refractivity contribution is 5.76. The molecule has 0 aliphatic carbocycles. The van der Waals surface area contributed by atoms with Gasteiger partial charge in [0.15, 0.2) is 11.5 Å². The molecule has 0 radical (unpaired) electrons. The fourth-order valence-electron chi connectivity index (χ4n) is 2.15. The fraction of sp³-hybridized carbons (Fsp3) is 0.500. The van der Waals surface area contributed by atoms with Gasteiger partial charge in [-0.15, -0.1) is 0 Å². The lowest BCUT2D eigenvalue weighted by Gasteiger charge is -2.25. The minimum Gasteiger partial charge on any atom is -0.370 e. The minimum atomic E-state index is -0.491. The topological polar surface area (TPSA) is 97.3 Å². The van der Waals surface area contributed by atoms with Crippen LogP contribution >= 0.6 is 0 Å². The Labute approximate surface area is 124 Å². The number of amides is 1. The third kappa shape index (κ3) is 3.84. The summed E-state index contributed by atoms with van der Waals surface area (Å²) in [4.78, 5) is 20.0. The van der Waals surface area contributed by atoms with Crippen molar-refractivity contribution in [3.8, 4) is 0 Å². The number of rotatable bonds is 7. The fourth-order valence-corrected chi connectivity index (χ4v) is 2.15. The van der Waals surface area contributed by atoms with Gasteiger partial charge in [-0.05, 0) is 20.3 Å². The molecule has 2 aromatic heterocycles. The molecule has 0 bridgehead atoms. The molecule has 0 saturated carbocycles. The highest BCUT2D eigenvalue weighted by Crippen LogP contribution is 2.22. The van der Waals surface area contributed by atoms with Crippen molar-refractivity contribution in [2.75, 3.05) is 17.2 Å². The first kappa shape index (κ1) is 15.1. The summed E-state index contributed by atoms with van der Waals surface area (Å²) in [6.45, 7) is 6.76. The van der Waals surface area contributed by atoms with Crippen molar-refractivity contribution in [2.24, 2.45) is 5.73 Å². The van der Waals surface area contributed by atoms with Gasteiger partial charge in [0.1, 0.15) is 5.82 Å². The number of nitrogens with one attached hydrogen (secondary N) is 2. The number of nitrogens with zero attached hydrogens (tertiary/aromatic N) is 3. The van der Waals surface area contributed by atoms with Gasteiger partial charge in [-0.1, -0.05) is 6.92 Å². The molecule has 0 fully saturated rings. The van der Waals surface area contributed by atoms with E-state index in [1.165, 1.54) is 0 Å². The highest BCUT2D eigenvalue weighted by Gasteiger charge is 2.22. The van der Waals surface area contributed by atoms with E-state index in [0.29, 0.717) is 5.82 Å². The zero-order valence-electron chi connectivity index (χ0n) is 12.7. The van der Waals surface area contributed by atoms with Crippen molar-refractivity contribution in [1.82, 2.24) is 14.4 Å². The highest BCUT2D eigenvalue weighted by atomic mass is 16.1. The van der Waals surface area contributed by atoms with Crippen LogP contribution in [0.2, 0.25) is 0 Å². The molecule has 2 rings (SSSR count). The second-order valence-electron chi connectivity index (χ2n) is 5.71. The van der Waals surface area contributed by atoms with Gasteiger partial charge in [0.05, 0.1) is 6.20 Å². The number of imidazole rings is 1. The van der Waals surface area contributed by atoms with Gasteiger partial charge in [0, 0.05) is 30.9 Å². The third-order valence-corrected chi connectivity index (χ3v) is 3.00. The Morgan fingerprint density at radius 1 is 1.48 bits per heavy atom. The quantitative estimate of drug-likeness (QED) is 0.720. The molecule has 0 spiro atoms. The molecule has 7 heteroatoms. The van der Waals surface area contributed by atoms with Crippen LogP contribution in [0.4, 0.5) is 11.6 Å². The van der Waals surface area contributed by atoms with Crippen molar-refractivity contribution >= 4 is 23.2 Å². The summed E-state index contributed by atoms with van der Waals surface area (Å²) in [6.07, 6.45) is 6.70. The Balaban J connectivity index is 2.32.